The Morgan fingerprint density at radius 3 is 1.26 bits per heavy atom. The predicted octanol–water partition coefficient (Wildman–Crippen LogP) is 16.0. The maximum absolute atomic E-state index is 13.2. The first-order chi connectivity index (χ1) is 42.8. The quantitative estimate of drug-likeness (QED) is 0.0564. The number of ketones is 2. The van der Waals surface area contributed by atoms with E-state index in [1.807, 2.05) is 197 Å². The van der Waals surface area contributed by atoms with Crippen LogP contribution in [0.25, 0.3) is 64.4 Å². The number of carboxylic acid groups (broad SMARTS) is 1. The molecule has 0 bridgehead atoms. The highest BCUT2D eigenvalue weighted by molar-refractivity contribution is 7.14. The zero-order valence-corrected chi connectivity index (χ0v) is 53.6. The first kappa shape index (κ1) is 64.3. The van der Waals surface area contributed by atoms with Gasteiger partial charge in [0.2, 0.25) is 0 Å². The zero-order chi connectivity index (χ0) is 64.4. The van der Waals surface area contributed by atoms with Gasteiger partial charge >= 0.3 is 18.2 Å². The third-order valence-corrected chi connectivity index (χ3v) is 16.5. The molecule has 18 nitrogen and oxygen atoms in total. The lowest BCUT2D eigenvalue weighted by molar-refractivity contribution is 0.0624. The first-order valence-electron chi connectivity index (χ1n) is 28.4. The minimum atomic E-state index is -0.914. The van der Waals surface area contributed by atoms with Crippen molar-refractivity contribution >= 4 is 120 Å². The molecule has 6 heterocycles. The number of carbonyl (C=O) groups excluding carboxylic acids is 4. The number of aryl methyl sites for hydroxylation is 3. The van der Waals surface area contributed by atoms with Gasteiger partial charge in [-0.1, -0.05) is 36.4 Å². The number of amides is 2. The summed E-state index contributed by atoms with van der Waals surface area (Å²) in [7, 11) is 5.66. The Morgan fingerprint density at radius 2 is 0.844 bits per heavy atom. The standard InChI is InChI=1S/C25H25N3O3S.C20H17N3OS.C15H18N2O2S.C9H8N2O2/c1-25(2,3)31-24(30)27-19-9-8-17(23-6-5-11-32-23)12-18(19)14-22(29)16-7-10-20-21(13-16)28(4)15-26-20;1-23-12-22-17-7-5-13(10-18(17)23)19(24)11-15-9-14(4-6-16(15)21)20-3-2-8-25-20;1-15(2,3)19-14(18)17-12-7-6-10(9-11(12)16)13-5-4-8-20-13;1-11-5-10-7-3-2-6(9(12)13)4-8(7)11/h5-13,15H,14H2,1-4H3,(H,27,30);2-10,12H,11,21H2,1H3;4-9H,16H2,1-3H3,(H,17,18);2-5H,1H3,(H,12,13). The number of ether oxygens (including phenoxy) is 2. The fourth-order valence-corrected chi connectivity index (χ4v) is 11.5. The fraction of sp³-hybridized carbons (Fsp3) is 0.188. The highest BCUT2D eigenvalue weighted by atomic mass is 32.1. The molecule has 0 saturated carbocycles. The Balaban J connectivity index is 0.000000149. The summed E-state index contributed by atoms with van der Waals surface area (Å²) in [6.07, 6.45) is 4.52. The summed E-state index contributed by atoms with van der Waals surface area (Å²) in [5.74, 6) is -0.898. The van der Waals surface area contributed by atoms with Gasteiger partial charge < -0.3 is 39.7 Å². The van der Waals surface area contributed by atoms with Crippen molar-refractivity contribution in [2.45, 2.75) is 65.6 Å². The van der Waals surface area contributed by atoms with Gasteiger partial charge in [-0.05, 0) is 195 Å². The van der Waals surface area contributed by atoms with Crippen molar-refractivity contribution in [1.82, 2.24) is 28.7 Å². The third kappa shape index (κ3) is 16.7. The molecule has 0 aliphatic heterocycles. The molecule has 6 aromatic carbocycles. The van der Waals surface area contributed by atoms with E-state index in [1.165, 1.54) is 4.88 Å². The lowest BCUT2D eigenvalue weighted by Crippen LogP contribution is -2.27. The number of thiophene rings is 3. The molecule has 12 rings (SSSR count). The van der Waals surface area contributed by atoms with Crippen LogP contribution >= 0.6 is 34.0 Å². The SMILES string of the molecule is CC(C)(C)OC(=O)Nc1ccc(-c2cccs2)cc1N.Cn1cnc2ccc(C(=O)Cc3cc(-c4cccs4)ccc3N)cc21.Cn1cnc2ccc(C(=O)Cc3cc(-c4cccs4)ccc3NC(=O)OC(C)(C)C)cc21.Cn1cnc2ccc(C(=O)O)cc21. The van der Waals surface area contributed by atoms with Crippen molar-refractivity contribution in [2.24, 2.45) is 21.1 Å². The molecular formula is C69H68N10O8S3. The van der Waals surface area contributed by atoms with Crippen LogP contribution < -0.4 is 22.1 Å². The molecule has 0 unspecified atom stereocenters. The van der Waals surface area contributed by atoms with E-state index in [9.17, 15) is 24.0 Å². The van der Waals surface area contributed by atoms with Crippen molar-refractivity contribution in [2.75, 3.05) is 22.1 Å². The van der Waals surface area contributed by atoms with Gasteiger partial charge in [-0.2, -0.15) is 0 Å². The molecule has 0 saturated heterocycles. The van der Waals surface area contributed by atoms with Crippen LogP contribution in [-0.4, -0.2) is 74.7 Å². The van der Waals surface area contributed by atoms with E-state index in [1.54, 1.807) is 87.9 Å². The van der Waals surface area contributed by atoms with Crippen LogP contribution in [0.2, 0.25) is 0 Å². The van der Waals surface area contributed by atoms with Crippen molar-refractivity contribution in [3.8, 4) is 31.3 Å². The van der Waals surface area contributed by atoms with E-state index in [-0.39, 0.29) is 30.0 Å². The second kappa shape index (κ2) is 27.9. The lowest BCUT2D eigenvalue weighted by atomic mass is 9.99. The second-order valence-corrected chi connectivity index (χ2v) is 25.8. The van der Waals surface area contributed by atoms with E-state index in [4.69, 9.17) is 26.0 Å². The fourth-order valence-electron chi connectivity index (χ4n) is 9.32. The minimum absolute atomic E-state index is 0.0383. The highest BCUT2D eigenvalue weighted by Crippen LogP contribution is 2.33. The molecule has 6 aromatic heterocycles. The predicted molar refractivity (Wildman–Crippen MR) is 363 cm³/mol. The number of nitrogens with zero attached hydrogens (tertiary/aromatic N) is 6. The van der Waals surface area contributed by atoms with E-state index in [0.717, 1.165) is 70.7 Å². The van der Waals surface area contributed by atoms with Crippen LogP contribution in [0.15, 0.2) is 181 Å². The molecule has 0 atom stereocenters. The molecule has 0 aliphatic carbocycles. The second-order valence-electron chi connectivity index (χ2n) is 23.0. The Bertz CT molecular complexity index is 4530. The van der Waals surface area contributed by atoms with Crippen LogP contribution in [0.4, 0.5) is 32.3 Å². The zero-order valence-electron chi connectivity index (χ0n) is 51.1. The number of nitrogens with two attached hydrogens (primary N) is 2. The number of carboxylic acids is 1. The van der Waals surface area contributed by atoms with Crippen molar-refractivity contribution in [1.29, 1.82) is 0 Å². The molecule has 90 heavy (non-hydrogen) atoms. The number of fused-ring (bicyclic) bond motifs is 3. The third-order valence-electron chi connectivity index (χ3n) is 13.8. The molecule has 21 heteroatoms. The van der Waals surface area contributed by atoms with Gasteiger partial charge in [0, 0.05) is 71.1 Å². The topological polar surface area (TPSA) is 254 Å². The van der Waals surface area contributed by atoms with Crippen LogP contribution in [0.3, 0.4) is 0 Å². The van der Waals surface area contributed by atoms with Gasteiger partial charge in [-0.3, -0.25) is 20.2 Å². The first-order valence-corrected chi connectivity index (χ1v) is 31.0. The summed E-state index contributed by atoms with van der Waals surface area (Å²) in [6, 6.07) is 45.3. The summed E-state index contributed by atoms with van der Waals surface area (Å²) in [6.45, 7) is 10.9. The van der Waals surface area contributed by atoms with Gasteiger partial charge in [-0.15, -0.1) is 34.0 Å². The molecule has 460 valence electrons. The largest absolute Gasteiger partial charge is 0.478 e. The smallest absolute Gasteiger partial charge is 0.412 e. The number of imidazole rings is 3. The molecule has 0 aliphatic rings. The monoisotopic (exact) mass is 1260 g/mol. The van der Waals surface area contributed by atoms with Crippen LogP contribution in [-0.2, 0) is 43.5 Å². The van der Waals surface area contributed by atoms with E-state index in [0.29, 0.717) is 33.9 Å². The summed E-state index contributed by atoms with van der Waals surface area (Å²) in [5.41, 5.74) is 24.7. The van der Waals surface area contributed by atoms with Crippen LogP contribution in [0, 0.1) is 0 Å². The van der Waals surface area contributed by atoms with Gasteiger partial charge in [0.25, 0.3) is 0 Å². The number of rotatable bonds is 12. The van der Waals surface area contributed by atoms with Crippen molar-refractivity contribution < 1.29 is 38.6 Å². The number of hydrogen-bond acceptors (Lipinski definition) is 15. The molecule has 0 fully saturated rings. The molecule has 2 amide bonds. The van der Waals surface area contributed by atoms with Gasteiger partial charge in [0.05, 0.1) is 69.0 Å². The summed E-state index contributed by atoms with van der Waals surface area (Å²) < 4.78 is 16.2. The number of benzene rings is 6. The van der Waals surface area contributed by atoms with Crippen LogP contribution in [0.1, 0.15) is 83.7 Å². The number of Topliss-reactive ketones (excluding diaryl/α,β-unsaturated/α-hetero) is 2. The molecular weight excluding hydrogens is 1190 g/mol. The normalized spacial score (nSPS) is 11.2. The lowest BCUT2D eigenvalue weighted by Gasteiger charge is -2.20. The van der Waals surface area contributed by atoms with Crippen molar-refractivity contribution in [3.63, 3.8) is 0 Å². The van der Waals surface area contributed by atoms with Gasteiger partial charge in [0.15, 0.2) is 11.6 Å². The minimum Gasteiger partial charge on any atom is -0.478 e. The number of nitrogens with one attached hydrogen (secondary N) is 2. The summed E-state index contributed by atoms with van der Waals surface area (Å²) in [5, 5.41) is 20.3. The summed E-state index contributed by atoms with van der Waals surface area (Å²) in [4.78, 5) is 76.8. The average molecular weight is 1260 g/mol. The number of aromatic nitrogens is 6. The van der Waals surface area contributed by atoms with Gasteiger partial charge in [0.1, 0.15) is 11.2 Å². The van der Waals surface area contributed by atoms with E-state index >= 15 is 0 Å². The maximum atomic E-state index is 13.2. The molecule has 7 N–H and O–H groups in total. The number of hydrogen-bond donors (Lipinski definition) is 5. The van der Waals surface area contributed by atoms with E-state index < -0.39 is 29.4 Å². The number of aromatic carboxylic acids is 1. The van der Waals surface area contributed by atoms with Crippen LogP contribution in [0.5, 0.6) is 0 Å². The molecule has 0 spiro atoms. The number of carbonyl (C=O) groups is 5. The Labute approximate surface area is 532 Å². The molecule has 0 radical (unpaired) electrons. The Kier molecular flexibility index (Phi) is 19.9. The molecule has 12 aromatic rings. The van der Waals surface area contributed by atoms with Crippen molar-refractivity contribution in [3.05, 3.63) is 209 Å². The highest BCUT2D eigenvalue weighted by Gasteiger charge is 2.21. The maximum Gasteiger partial charge on any atom is 0.412 e. The van der Waals surface area contributed by atoms with Gasteiger partial charge in [-0.25, -0.2) is 29.3 Å². The Hall–Kier alpha value is -10.2. The Morgan fingerprint density at radius 1 is 0.467 bits per heavy atom. The summed E-state index contributed by atoms with van der Waals surface area (Å²) >= 11 is 4.94. The number of anilines is 4. The average Bonchev–Trinajstić information content (AvgIpc) is 4.00. The van der Waals surface area contributed by atoms with E-state index in [2.05, 4.69) is 31.7 Å². The number of nitrogen functional groups attached to an aromatic ring is 2.